The lowest BCUT2D eigenvalue weighted by molar-refractivity contribution is 0.237. The molecule has 4 heteroatoms. The average molecular weight is 430 g/mol. The SMILES string of the molecule is Oc1ccc(-c2c(O)ccc3c2CCCC3c2ccc(OCCN3CCCC3)cc2)cc1. The van der Waals surface area contributed by atoms with Crippen LogP contribution in [0, 0.1) is 0 Å². The van der Waals surface area contributed by atoms with E-state index in [0.29, 0.717) is 11.7 Å². The smallest absolute Gasteiger partial charge is 0.123 e. The Hall–Kier alpha value is -2.98. The Morgan fingerprint density at radius 1 is 0.844 bits per heavy atom. The first-order valence-electron chi connectivity index (χ1n) is 11.8. The Labute approximate surface area is 190 Å². The highest BCUT2D eigenvalue weighted by atomic mass is 16.5. The number of ether oxygens (including phenoxy) is 1. The lowest BCUT2D eigenvalue weighted by Gasteiger charge is -2.28. The number of benzene rings is 3. The zero-order chi connectivity index (χ0) is 21.9. The minimum Gasteiger partial charge on any atom is -0.508 e. The van der Waals surface area contributed by atoms with Crippen molar-refractivity contribution in [2.24, 2.45) is 0 Å². The summed E-state index contributed by atoms with van der Waals surface area (Å²) in [4.78, 5) is 2.47. The van der Waals surface area contributed by atoms with Gasteiger partial charge in [-0.25, -0.2) is 0 Å². The highest BCUT2D eigenvalue weighted by Crippen LogP contribution is 2.44. The van der Waals surface area contributed by atoms with Gasteiger partial charge in [0.1, 0.15) is 23.9 Å². The van der Waals surface area contributed by atoms with Crippen LogP contribution in [0.3, 0.4) is 0 Å². The third kappa shape index (κ3) is 4.33. The van der Waals surface area contributed by atoms with Crippen LogP contribution in [0.25, 0.3) is 11.1 Å². The van der Waals surface area contributed by atoms with Crippen LogP contribution in [0.2, 0.25) is 0 Å². The number of aromatic hydroxyl groups is 2. The van der Waals surface area contributed by atoms with Gasteiger partial charge in [0.05, 0.1) is 0 Å². The number of nitrogens with zero attached hydrogens (tertiary/aromatic N) is 1. The van der Waals surface area contributed by atoms with Crippen LogP contribution in [-0.4, -0.2) is 41.4 Å². The fraction of sp³-hybridized carbons (Fsp3) is 0.357. The van der Waals surface area contributed by atoms with Crippen LogP contribution in [0.5, 0.6) is 17.2 Å². The van der Waals surface area contributed by atoms with Gasteiger partial charge >= 0.3 is 0 Å². The molecule has 0 spiro atoms. The molecule has 1 heterocycles. The molecule has 1 aliphatic heterocycles. The van der Waals surface area contributed by atoms with Crippen molar-refractivity contribution in [2.75, 3.05) is 26.2 Å². The number of hydrogen-bond acceptors (Lipinski definition) is 4. The second-order valence-corrected chi connectivity index (χ2v) is 8.99. The van der Waals surface area contributed by atoms with E-state index in [9.17, 15) is 10.2 Å². The summed E-state index contributed by atoms with van der Waals surface area (Å²) >= 11 is 0. The van der Waals surface area contributed by atoms with Gasteiger partial charge in [0.15, 0.2) is 0 Å². The van der Waals surface area contributed by atoms with E-state index < -0.39 is 0 Å². The second kappa shape index (κ2) is 9.25. The number of likely N-dealkylation sites (tertiary alicyclic amines) is 1. The highest BCUT2D eigenvalue weighted by Gasteiger charge is 2.26. The van der Waals surface area contributed by atoms with Gasteiger partial charge < -0.3 is 14.9 Å². The van der Waals surface area contributed by atoms with Gasteiger partial charge in [-0.1, -0.05) is 30.3 Å². The van der Waals surface area contributed by atoms with Crippen LogP contribution in [0.15, 0.2) is 60.7 Å². The molecule has 5 rings (SSSR count). The molecule has 1 atom stereocenters. The van der Waals surface area contributed by atoms with E-state index in [1.54, 1.807) is 12.1 Å². The first kappa shape index (κ1) is 20.9. The molecule has 0 radical (unpaired) electrons. The molecule has 0 amide bonds. The summed E-state index contributed by atoms with van der Waals surface area (Å²) in [6, 6.07) is 19.6. The molecule has 2 N–H and O–H groups in total. The molecule has 1 fully saturated rings. The number of fused-ring (bicyclic) bond motifs is 1. The summed E-state index contributed by atoms with van der Waals surface area (Å²) in [7, 11) is 0. The molecule has 0 aromatic heterocycles. The van der Waals surface area contributed by atoms with Gasteiger partial charge in [0, 0.05) is 18.0 Å². The van der Waals surface area contributed by atoms with Gasteiger partial charge in [0.2, 0.25) is 0 Å². The molecule has 1 saturated heterocycles. The summed E-state index contributed by atoms with van der Waals surface area (Å²) in [6.07, 6.45) is 5.75. The van der Waals surface area contributed by atoms with Crippen molar-refractivity contribution in [1.29, 1.82) is 0 Å². The normalized spacial score (nSPS) is 18.4. The van der Waals surface area contributed by atoms with E-state index in [1.165, 1.54) is 42.6 Å². The third-order valence-electron chi connectivity index (χ3n) is 6.94. The molecule has 166 valence electrons. The van der Waals surface area contributed by atoms with Gasteiger partial charge in [-0.2, -0.15) is 0 Å². The molecular weight excluding hydrogens is 398 g/mol. The predicted molar refractivity (Wildman–Crippen MR) is 128 cm³/mol. The molecule has 0 bridgehead atoms. The maximum absolute atomic E-state index is 10.7. The van der Waals surface area contributed by atoms with E-state index in [1.807, 2.05) is 18.2 Å². The summed E-state index contributed by atoms with van der Waals surface area (Å²) in [5.74, 6) is 1.78. The largest absolute Gasteiger partial charge is 0.508 e. The average Bonchev–Trinajstić information content (AvgIpc) is 3.33. The number of hydrogen-bond donors (Lipinski definition) is 2. The van der Waals surface area contributed by atoms with Gasteiger partial charge in [-0.3, -0.25) is 4.90 Å². The van der Waals surface area contributed by atoms with Crippen molar-refractivity contribution in [2.45, 2.75) is 38.0 Å². The Balaban J connectivity index is 1.36. The molecule has 1 aliphatic carbocycles. The minimum atomic E-state index is 0.235. The summed E-state index contributed by atoms with van der Waals surface area (Å²) in [5, 5.41) is 20.3. The molecule has 3 aromatic rings. The van der Waals surface area contributed by atoms with E-state index in [0.717, 1.165) is 49.3 Å². The van der Waals surface area contributed by atoms with Gasteiger partial charge in [-0.05, 0) is 97.8 Å². The molecule has 3 aromatic carbocycles. The molecule has 1 unspecified atom stereocenters. The molecular formula is C28H31NO3. The van der Waals surface area contributed by atoms with Crippen molar-refractivity contribution in [3.05, 3.63) is 77.4 Å². The first-order valence-corrected chi connectivity index (χ1v) is 11.8. The Morgan fingerprint density at radius 3 is 2.34 bits per heavy atom. The lowest BCUT2D eigenvalue weighted by atomic mass is 9.76. The van der Waals surface area contributed by atoms with Crippen LogP contribution in [-0.2, 0) is 6.42 Å². The van der Waals surface area contributed by atoms with Crippen LogP contribution >= 0.6 is 0 Å². The van der Waals surface area contributed by atoms with Crippen LogP contribution in [0.4, 0.5) is 0 Å². The summed E-state index contributed by atoms with van der Waals surface area (Å²) < 4.78 is 5.99. The molecule has 2 aliphatic rings. The Bertz CT molecular complexity index is 1050. The van der Waals surface area contributed by atoms with Crippen molar-refractivity contribution in [1.82, 2.24) is 4.90 Å². The van der Waals surface area contributed by atoms with Crippen molar-refractivity contribution in [3.63, 3.8) is 0 Å². The monoisotopic (exact) mass is 429 g/mol. The highest BCUT2D eigenvalue weighted by molar-refractivity contribution is 5.76. The third-order valence-corrected chi connectivity index (χ3v) is 6.94. The molecule has 0 saturated carbocycles. The number of phenolic OH excluding ortho intramolecular Hbond substituents is 2. The van der Waals surface area contributed by atoms with Gasteiger partial charge in [0.25, 0.3) is 0 Å². The van der Waals surface area contributed by atoms with E-state index in [2.05, 4.69) is 35.2 Å². The second-order valence-electron chi connectivity index (χ2n) is 8.99. The van der Waals surface area contributed by atoms with E-state index >= 15 is 0 Å². The Kier molecular flexibility index (Phi) is 6.04. The maximum Gasteiger partial charge on any atom is 0.123 e. The lowest BCUT2D eigenvalue weighted by Crippen LogP contribution is -2.25. The van der Waals surface area contributed by atoms with Crippen LogP contribution in [0.1, 0.15) is 48.3 Å². The minimum absolute atomic E-state index is 0.235. The van der Waals surface area contributed by atoms with E-state index in [4.69, 9.17) is 4.74 Å². The Morgan fingerprint density at radius 2 is 1.59 bits per heavy atom. The van der Waals surface area contributed by atoms with Crippen LogP contribution < -0.4 is 4.74 Å². The molecule has 4 nitrogen and oxygen atoms in total. The quantitative estimate of drug-likeness (QED) is 0.527. The molecule has 32 heavy (non-hydrogen) atoms. The van der Waals surface area contributed by atoms with E-state index in [-0.39, 0.29) is 5.75 Å². The topological polar surface area (TPSA) is 52.9 Å². The predicted octanol–water partition coefficient (Wildman–Crippen LogP) is 5.71. The zero-order valence-electron chi connectivity index (χ0n) is 18.5. The van der Waals surface area contributed by atoms with Crippen molar-refractivity contribution >= 4 is 0 Å². The van der Waals surface area contributed by atoms with Crippen molar-refractivity contribution < 1.29 is 14.9 Å². The zero-order valence-corrected chi connectivity index (χ0v) is 18.5. The number of phenols is 2. The van der Waals surface area contributed by atoms with Crippen molar-refractivity contribution in [3.8, 4) is 28.4 Å². The first-order chi connectivity index (χ1) is 15.7. The number of rotatable bonds is 6. The standard InChI is InChI=1S/C28H31NO3/c30-22-10-6-21(7-11-22)28-26-5-3-4-24(25(26)14-15-27(28)31)20-8-12-23(13-9-20)32-19-18-29-16-1-2-17-29/h6-15,24,30-31H,1-5,16-19H2. The maximum atomic E-state index is 10.7. The summed E-state index contributed by atoms with van der Waals surface area (Å²) in [6.45, 7) is 4.14. The summed E-state index contributed by atoms with van der Waals surface area (Å²) in [5.41, 5.74) is 5.64. The van der Waals surface area contributed by atoms with Gasteiger partial charge in [-0.15, -0.1) is 0 Å². The fourth-order valence-corrected chi connectivity index (χ4v) is 5.28. The fourth-order valence-electron chi connectivity index (χ4n) is 5.28.